The van der Waals surface area contributed by atoms with Gasteiger partial charge in [-0.25, -0.2) is 14.4 Å². The molecule has 0 atom stereocenters. The molecule has 5 aromatic rings. The van der Waals surface area contributed by atoms with Crippen molar-refractivity contribution in [3.63, 3.8) is 0 Å². The Balaban J connectivity index is 1.19. The van der Waals surface area contributed by atoms with E-state index >= 15 is 0 Å². The SMILES string of the molecule is O=CCCCCCCCNCc1ccc(-c2ccc3ncnc(Nc4ccc(OCc5cccc(F)c5)c(Cl)c4)c3c2)o1. The molecule has 2 aromatic heterocycles. The maximum absolute atomic E-state index is 13.5. The molecule has 0 fully saturated rings. The molecule has 0 aliphatic carbocycles. The number of fused-ring (bicyclic) bond motifs is 1. The molecule has 3 aromatic carbocycles. The first kappa shape index (κ1) is 30.2. The maximum Gasteiger partial charge on any atom is 0.141 e. The number of unbranched alkanes of at least 4 members (excludes halogenated alkanes) is 5. The van der Waals surface area contributed by atoms with E-state index in [0.29, 0.717) is 29.6 Å². The second-order valence-electron chi connectivity index (χ2n) is 10.3. The summed E-state index contributed by atoms with van der Waals surface area (Å²) in [5, 5.41) is 8.05. The van der Waals surface area contributed by atoms with Gasteiger partial charge in [0.25, 0.3) is 0 Å². The molecule has 0 radical (unpaired) electrons. The van der Waals surface area contributed by atoms with Gasteiger partial charge in [-0.15, -0.1) is 0 Å². The molecular formula is C34H34ClFN4O3. The van der Waals surface area contributed by atoms with Crippen molar-refractivity contribution in [2.75, 3.05) is 11.9 Å². The smallest absolute Gasteiger partial charge is 0.141 e. The van der Waals surface area contributed by atoms with Gasteiger partial charge in [0.2, 0.25) is 0 Å². The molecule has 7 nitrogen and oxygen atoms in total. The van der Waals surface area contributed by atoms with Gasteiger partial charge in [0.05, 0.1) is 17.1 Å². The number of carbonyl (C=O) groups excluding carboxylic acids is 1. The van der Waals surface area contributed by atoms with Crippen molar-refractivity contribution < 1.29 is 18.3 Å². The Hall–Kier alpha value is -4.27. The fourth-order valence-corrected chi connectivity index (χ4v) is 5.01. The van der Waals surface area contributed by atoms with Gasteiger partial charge in [-0.2, -0.15) is 0 Å². The van der Waals surface area contributed by atoms with Crippen molar-refractivity contribution in [1.29, 1.82) is 0 Å². The lowest BCUT2D eigenvalue weighted by molar-refractivity contribution is -0.107. The molecule has 9 heteroatoms. The van der Waals surface area contributed by atoms with Gasteiger partial charge in [0.1, 0.15) is 48.1 Å². The lowest BCUT2D eigenvalue weighted by Crippen LogP contribution is -2.14. The zero-order valence-electron chi connectivity index (χ0n) is 23.8. The summed E-state index contributed by atoms with van der Waals surface area (Å²) in [6.07, 6.45) is 8.70. The fraction of sp³-hybridized carbons (Fsp3) is 0.265. The average Bonchev–Trinajstić information content (AvgIpc) is 3.49. The van der Waals surface area contributed by atoms with E-state index in [9.17, 15) is 9.18 Å². The highest BCUT2D eigenvalue weighted by atomic mass is 35.5. The second-order valence-corrected chi connectivity index (χ2v) is 10.7. The molecular weight excluding hydrogens is 567 g/mol. The number of rotatable bonds is 16. The number of hydrogen-bond donors (Lipinski definition) is 2. The van der Waals surface area contributed by atoms with E-state index < -0.39 is 0 Å². The minimum Gasteiger partial charge on any atom is -0.487 e. The van der Waals surface area contributed by atoms with Crippen LogP contribution >= 0.6 is 11.6 Å². The predicted octanol–water partition coefficient (Wildman–Crippen LogP) is 8.63. The van der Waals surface area contributed by atoms with Crippen LogP contribution < -0.4 is 15.4 Å². The van der Waals surface area contributed by atoms with E-state index in [2.05, 4.69) is 20.6 Å². The molecule has 0 saturated carbocycles. The highest BCUT2D eigenvalue weighted by Gasteiger charge is 2.11. The van der Waals surface area contributed by atoms with Crippen LogP contribution in [-0.2, 0) is 17.9 Å². The van der Waals surface area contributed by atoms with E-state index in [1.807, 2.05) is 36.4 Å². The van der Waals surface area contributed by atoms with Crippen molar-refractivity contribution in [3.8, 4) is 17.1 Å². The molecule has 0 spiro atoms. The van der Waals surface area contributed by atoms with Crippen LogP contribution in [0, 0.1) is 5.82 Å². The Morgan fingerprint density at radius 1 is 0.930 bits per heavy atom. The number of aromatic nitrogens is 2. The maximum atomic E-state index is 13.5. The summed E-state index contributed by atoms with van der Waals surface area (Å²) in [5.74, 6) is 2.47. The van der Waals surface area contributed by atoms with Crippen LogP contribution in [0.5, 0.6) is 5.75 Å². The number of nitrogens with zero attached hydrogens (tertiary/aromatic N) is 2. The first-order valence-corrected chi connectivity index (χ1v) is 14.9. The number of aldehydes is 1. The first-order chi connectivity index (χ1) is 21.1. The third kappa shape index (κ3) is 8.63. The van der Waals surface area contributed by atoms with E-state index in [1.165, 1.54) is 18.5 Å². The molecule has 5 rings (SSSR count). The van der Waals surface area contributed by atoms with Crippen molar-refractivity contribution in [2.24, 2.45) is 0 Å². The zero-order chi connectivity index (χ0) is 29.9. The summed E-state index contributed by atoms with van der Waals surface area (Å²) < 4.78 is 25.4. The molecule has 43 heavy (non-hydrogen) atoms. The number of benzene rings is 3. The molecule has 0 amide bonds. The van der Waals surface area contributed by atoms with E-state index in [0.717, 1.165) is 84.2 Å². The lowest BCUT2D eigenvalue weighted by Gasteiger charge is -2.12. The highest BCUT2D eigenvalue weighted by Crippen LogP contribution is 2.33. The van der Waals surface area contributed by atoms with Crippen molar-refractivity contribution in [2.45, 2.75) is 51.7 Å². The molecule has 2 heterocycles. The number of carbonyl (C=O) groups is 1. The van der Waals surface area contributed by atoms with Gasteiger partial charge in [0, 0.05) is 23.1 Å². The van der Waals surface area contributed by atoms with E-state index in [4.69, 9.17) is 20.8 Å². The average molecular weight is 601 g/mol. The minimum atomic E-state index is -0.307. The lowest BCUT2D eigenvalue weighted by atomic mass is 10.1. The molecule has 0 aliphatic heterocycles. The Kier molecular flexibility index (Phi) is 10.7. The molecule has 0 aliphatic rings. The second kappa shape index (κ2) is 15.3. The predicted molar refractivity (Wildman–Crippen MR) is 168 cm³/mol. The highest BCUT2D eigenvalue weighted by molar-refractivity contribution is 6.32. The summed E-state index contributed by atoms with van der Waals surface area (Å²) in [5.41, 5.74) is 3.17. The van der Waals surface area contributed by atoms with Crippen molar-refractivity contribution >= 4 is 40.3 Å². The molecule has 0 unspecified atom stereocenters. The van der Waals surface area contributed by atoms with Crippen LogP contribution in [0.4, 0.5) is 15.9 Å². The Morgan fingerprint density at radius 2 is 1.81 bits per heavy atom. The van der Waals surface area contributed by atoms with Crippen molar-refractivity contribution in [3.05, 3.63) is 101 Å². The topological polar surface area (TPSA) is 89.3 Å². The summed E-state index contributed by atoms with van der Waals surface area (Å²) >= 11 is 6.50. The molecule has 2 N–H and O–H groups in total. The van der Waals surface area contributed by atoms with E-state index in [1.54, 1.807) is 24.3 Å². The number of nitrogens with one attached hydrogen (secondary N) is 2. The van der Waals surface area contributed by atoms with Crippen LogP contribution in [0.15, 0.2) is 83.5 Å². The number of hydrogen-bond acceptors (Lipinski definition) is 7. The third-order valence-electron chi connectivity index (χ3n) is 7.03. The van der Waals surface area contributed by atoms with Gasteiger partial charge < -0.3 is 24.6 Å². The van der Waals surface area contributed by atoms with Crippen LogP contribution in [0.25, 0.3) is 22.2 Å². The number of anilines is 2. The van der Waals surface area contributed by atoms with E-state index in [-0.39, 0.29) is 12.4 Å². The zero-order valence-corrected chi connectivity index (χ0v) is 24.6. The van der Waals surface area contributed by atoms with Crippen LogP contribution in [-0.4, -0.2) is 22.8 Å². The Morgan fingerprint density at radius 3 is 2.67 bits per heavy atom. The van der Waals surface area contributed by atoms with Crippen molar-refractivity contribution in [1.82, 2.24) is 15.3 Å². The van der Waals surface area contributed by atoms with Crippen LogP contribution in [0.2, 0.25) is 5.02 Å². The monoisotopic (exact) mass is 600 g/mol. The summed E-state index contributed by atoms with van der Waals surface area (Å²) in [4.78, 5) is 19.3. The number of furan rings is 1. The molecule has 0 saturated heterocycles. The third-order valence-corrected chi connectivity index (χ3v) is 7.33. The van der Waals surface area contributed by atoms with Crippen LogP contribution in [0.1, 0.15) is 49.8 Å². The van der Waals surface area contributed by atoms with Crippen LogP contribution in [0.3, 0.4) is 0 Å². The molecule has 0 bridgehead atoms. The Labute approximate surface area is 255 Å². The first-order valence-electron chi connectivity index (χ1n) is 14.5. The summed E-state index contributed by atoms with van der Waals surface area (Å²) in [6, 6.07) is 21.6. The van der Waals surface area contributed by atoms with Gasteiger partial charge in [-0.1, -0.05) is 43.0 Å². The van der Waals surface area contributed by atoms with Gasteiger partial charge in [-0.05, 0) is 85.6 Å². The van der Waals surface area contributed by atoms with Gasteiger partial charge in [-0.3, -0.25) is 0 Å². The summed E-state index contributed by atoms with van der Waals surface area (Å²) in [7, 11) is 0. The van der Waals surface area contributed by atoms with Gasteiger partial charge >= 0.3 is 0 Å². The number of halogens is 2. The number of ether oxygens (including phenoxy) is 1. The quantitative estimate of drug-likeness (QED) is 0.0865. The Bertz CT molecular complexity index is 1660. The standard InChI is InChI=1S/C34H34ClFN4O3/c35-30-20-27(11-14-33(30)42-22-24-8-7-9-26(36)18-24)40-34-29-19-25(10-13-31(29)38-23-39-34)32-15-12-28(43-32)21-37-16-5-3-1-2-4-6-17-41/h7-15,17-20,23,37H,1-6,16,21-22H2,(H,38,39,40). The normalized spacial score (nSPS) is 11.1. The minimum absolute atomic E-state index is 0.207. The fourth-order valence-electron chi connectivity index (χ4n) is 4.78. The summed E-state index contributed by atoms with van der Waals surface area (Å²) in [6.45, 7) is 1.80. The van der Waals surface area contributed by atoms with Gasteiger partial charge in [0.15, 0.2) is 0 Å². The largest absolute Gasteiger partial charge is 0.487 e. The molecule has 222 valence electrons.